The highest BCUT2D eigenvalue weighted by Gasteiger charge is 2.17. The predicted octanol–water partition coefficient (Wildman–Crippen LogP) is 6.84. The fraction of sp³-hybridized carbons (Fsp3) is 0.240. The maximum absolute atomic E-state index is 14.2. The van der Waals surface area contributed by atoms with Crippen molar-refractivity contribution in [1.82, 2.24) is 0 Å². The zero-order valence-electron chi connectivity index (χ0n) is 16.6. The molecule has 1 unspecified atom stereocenters. The van der Waals surface area contributed by atoms with E-state index in [1.54, 1.807) is 6.07 Å². The fourth-order valence-corrected chi connectivity index (χ4v) is 3.14. The van der Waals surface area contributed by atoms with Gasteiger partial charge in [-0.15, -0.1) is 0 Å². The van der Waals surface area contributed by atoms with Crippen LogP contribution >= 0.6 is 0 Å². The van der Waals surface area contributed by atoms with Crippen LogP contribution in [-0.4, -0.2) is 6.61 Å². The summed E-state index contributed by atoms with van der Waals surface area (Å²) in [7, 11) is 0. The van der Waals surface area contributed by atoms with Gasteiger partial charge in [-0.05, 0) is 66.8 Å². The molecule has 0 aromatic heterocycles. The molecule has 0 saturated heterocycles. The Kier molecular flexibility index (Phi) is 6.70. The molecule has 2 nitrogen and oxygen atoms in total. The summed E-state index contributed by atoms with van der Waals surface area (Å²) < 4.78 is 25.4. The smallest absolute Gasteiger partial charge is 0.165 e. The Labute approximate surface area is 166 Å². The monoisotopic (exact) mass is 377 g/mol. The molecule has 0 aliphatic rings. The lowest BCUT2D eigenvalue weighted by Gasteiger charge is -2.20. The molecule has 0 amide bonds. The first-order valence-corrected chi connectivity index (χ1v) is 9.65. The number of hydrogen-bond donors (Lipinski definition) is 0. The van der Waals surface area contributed by atoms with Crippen LogP contribution in [0.4, 0.5) is 4.39 Å². The van der Waals surface area contributed by atoms with Gasteiger partial charge in [-0.3, -0.25) is 0 Å². The summed E-state index contributed by atoms with van der Waals surface area (Å²) in [5.41, 5.74) is 2.24. The van der Waals surface area contributed by atoms with E-state index in [1.807, 2.05) is 55.5 Å². The van der Waals surface area contributed by atoms with Gasteiger partial charge in [-0.2, -0.15) is 0 Å². The minimum absolute atomic E-state index is 0.259. The van der Waals surface area contributed by atoms with Crippen LogP contribution in [0.15, 0.2) is 72.8 Å². The van der Waals surface area contributed by atoms with Crippen molar-refractivity contribution in [3.63, 3.8) is 0 Å². The number of hydrogen-bond acceptors (Lipinski definition) is 2. The summed E-state index contributed by atoms with van der Waals surface area (Å²) in [5.74, 6) is 3.02. The second-order valence-electron chi connectivity index (χ2n) is 6.93. The summed E-state index contributed by atoms with van der Waals surface area (Å²) in [5, 5.41) is 0. The lowest BCUT2D eigenvalue weighted by molar-refractivity contribution is 0.340. The van der Waals surface area contributed by atoms with Crippen LogP contribution in [-0.2, 0) is 6.42 Å². The number of halogens is 1. The molecule has 0 spiro atoms. The third kappa shape index (κ3) is 5.13. The molecule has 3 heteroatoms. The highest BCUT2D eigenvalue weighted by molar-refractivity contribution is 5.38. The highest BCUT2D eigenvalue weighted by Crippen LogP contribution is 2.30. The van der Waals surface area contributed by atoms with Crippen LogP contribution in [0.25, 0.3) is 0 Å². The van der Waals surface area contributed by atoms with Gasteiger partial charge in [0, 0.05) is 5.92 Å². The molecule has 3 aromatic carbocycles. The zero-order chi connectivity index (χ0) is 19.9. The maximum Gasteiger partial charge on any atom is 0.165 e. The Bertz CT molecular complexity index is 875. The zero-order valence-corrected chi connectivity index (χ0v) is 16.6. The lowest BCUT2D eigenvalue weighted by atomic mass is 9.85. The molecule has 145 valence electrons. The third-order valence-electron chi connectivity index (χ3n) is 4.87. The lowest BCUT2D eigenvalue weighted by Crippen LogP contribution is -2.10. The van der Waals surface area contributed by atoms with Gasteiger partial charge >= 0.3 is 0 Å². The van der Waals surface area contributed by atoms with Gasteiger partial charge in [0.1, 0.15) is 11.5 Å². The largest absolute Gasteiger partial charge is 0.494 e. The van der Waals surface area contributed by atoms with Crippen molar-refractivity contribution >= 4 is 0 Å². The quantitative estimate of drug-likeness (QED) is 0.428. The Morgan fingerprint density at radius 3 is 2.32 bits per heavy atom. The second kappa shape index (κ2) is 9.41. The second-order valence-corrected chi connectivity index (χ2v) is 6.93. The van der Waals surface area contributed by atoms with Crippen LogP contribution in [0.1, 0.15) is 31.9 Å². The number of benzene rings is 3. The molecule has 0 heterocycles. The minimum Gasteiger partial charge on any atom is -0.494 e. The fourth-order valence-electron chi connectivity index (χ4n) is 3.14. The van der Waals surface area contributed by atoms with Crippen molar-refractivity contribution < 1.29 is 13.9 Å². The first-order valence-electron chi connectivity index (χ1n) is 9.65. The molecule has 1 radical (unpaired) electrons. The van der Waals surface area contributed by atoms with Gasteiger partial charge in [0.05, 0.1) is 6.61 Å². The van der Waals surface area contributed by atoms with E-state index in [4.69, 9.17) is 9.47 Å². The van der Waals surface area contributed by atoms with Gasteiger partial charge in [0.25, 0.3) is 0 Å². The summed E-state index contributed by atoms with van der Waals surface area (Å²) in [4.78, 5) is 0. The van der Waals surface area contributed by atoms with E-state index in [1.165, 1.54) is 17.5 Å². The van der Waals surface area contributed by atoms with Gasteiger partial charge in [-0.25, -0.2) is 4.39 Å². The van der Waals surface area contributed by atoms with Crippen LogP contribution < -0.4 is 9.47 Å². The molecular formula is C25H26FO2. The Hall–Kier alpha value is -2.81. The number of rotatable bonds is 8. The first-order chi connectivity index (χ1) is 13.6. The van der Waals surface area contributed by atoms with Crippen molar-refractivity contribution in [3.05, 3.63) is 95.7 Å². The standard InChI is InChI=1S/C25H26FO2/c1-4-27-22-13-11-21(12-14-22)19(3)18(2)16-20-10-15-24(26)25(17-20)28-23-8-6-5-7-9-23/h5-15,17-18H,4,16H2,1-3H3. The predicted molar refractivity (Wildman–Crippen MR) is 111 cm³/mol. The molecule has 1 atom stereocenters. The van der Waals surface area contributed by atoms with E-state index in [9.17, 15) is 4.39 Å². The molecule has 0 bridgehead atoms. The van der Waals surface area contributed by atoms with Gasteiger partial charge in [-0.1, -0.05) is 50.2 Å². The Balaban J connectivity index is 1.69. The van der Waals surface area contributed by atoms with Gasteiger partial charge in [0.2, 0.25) is 0 Å². The van der Waals surface area contributed by atoms with E-state index in [0.717, 1.165) is 17.7 Å². The minimum atomic E-state index is -0.354. The molecule has 28 heavy (non-hydrogen) atoms. The molecule has 0 fully saturated rings. The highest BCUT2D eigenvalue weighted by atomic mass is 19.1. The van der Waals surface area contributed by atoms with Crippen LogP contribution in [0.3, 0.4) is 0 Å². The van der Waals surface area contributed by atoms with Crippen molar-refractivity contribution in [3.8, 4) is 17.2 Å². The van der Waals surface area contributed by atoms with Crippen LogP contribution in [0.2, 0.25) is 0 Å². The molecule has 0 saturated carbocycles. The van der Waals surface area contributed by atoms with Crippen LogP contribution in [0.5, 0.6) is 17.2 Å². The molecule has 3 aromatic rings. The average molecular weight is 377 g/mol. The summed E-state index contributed by atoms with van der Waals surface area (Å²) in [6.45, 7) is 6.97. The summed E-state index contributed by atoms with van der Waals surface area (Å²) >= 11 is 0. The normalized spacial score (nSPS) is 12.0. The van der Waals surface area contributed by atoms with Gasteiger partial charge < -0.3 is 9.47 Å². The molecule has 0 aliphatic heterocycles. The van der Waals surface area contributed by atoms with Crippen molar-refractivity contribution in [2.45, 2.75) is 27.2 Å². The van der Waals surface area contributed by atoms with Crippen LogP contribution in [0, 0.1) is 17.7 Å². The molecule has 3 rings (SSSR count). The van der Waals surface area contributed by atoms with E-state index in [0.29, 0.717) is 18.3 Å². The van der Waals surface area contributed by atoms with Gasteiger partial charge in [0.15, 0.2) is 11.6 Å². The van der Waals surface area contributed by atoms with E-state index in [-0.39, 0.29) is 11.6 Å². The maximum atomic E-state index is 14.2. The molecular weight excluding hydrogens is 351 g/mol. The average Bonchev–Trinajstić information content (AvgIpc) is 2.71. The number of ether oxygens (including phenoxy) is 2. The summed E-state index contributed by atoms with van der Waals surface area (Å²) in [6.07, 6.45) is 0.810. The first kappa shape index (κ1) is 19.9. The van der Waals surface area contributed by atoms with E-state index < -0.39 is 0 Å². The topological polar surface area (TPSA) is 18.5 Å². The molecule has 0 aliphatic carbocycles. The van der Waals surface area contributed by atoms with Crippen molar-refractivity contribution in [2.75, 3.05) is 6.61 Å². The summed E-state index contributed by atoms with van der Waals surface area (Å²) in [6, 6.07) is 22.6. The van der Waals surface area contributed by atoms with Crippen molar-refractivity contribution in [1.29, 1.82) is 0 Å². The van der Waals surface area contributed by atoms with Crippen molar-refractivity contribution in [2.24, 2.45) is 5.92 Å². The third-order valence-corrected chi connectivity index (χ3v) is 4.87. The SMILES string of the molecule is CCOc1ccc([C](C)C(C)Cc2ccc(F)c(Oc3ccccc3)c2)cc1. The van der Waals surface area contributed by atoms with E-state index >= 15 is 0 Å². The Morgan fingerprint density at radius 2 is 1.64 bits per heavy atom. The molecule has 0 N–H and O–H groups in total. The number of para-hydroxylation sites is 1. The van der Waals surface area contributed by atoms with E-state index in [2.05, 4.69) is 26.0 Å². The Morgan fingerprint density at radius 1 is 0.929 bits per heavy atom.